The van der Waals surface area contributed by atoms with Gasteiger partial charge in [0.25, 0.3) is 5.91 Å². The Bertz CT molecular complexity index is 1340. The van der Waals surface area contributed by atoms with Crippen molar-refractivity contribution in [3.05, 3.63) is 58.7 Å². The number of alkyl halides is 3. The third-order valence-corrected chi connectivity index (χ3v) is 9.66. The zero-order chi connectivity index (χ0) is 27.9. The molecule has 1 amide bonds. The minimum atomic E-state index is -4.42. The van der Waals surface area contributed by atoms with Crippen molar-refractivity contribution >= 4 is 39.2 Å². The number of nitrogens with zero attached hydrogens (tertiary/aromatic N) is 3. The van der Waals surface area contributed by atoms with Crippen LogP contribution < -0.4 is 10.2 Å². The van der Waals surface area contributed by atoms with Crippen LogP contribution in [0.3, 0.4) is 0 Å². The molecule has 2 heterocycles. The van der Waals surface area contributed by atoms with Gasteiger partial charge in [0.1, 0.15) is 11.4 Å². The van der Waals surface area contributed by atoms with Gasteiger partial charge in [0, 0.05) is 43.3 Å². The molecule has 2 aromatic carbocycles. The average molecular weight is 569 g/mol. The number of aliphatic imine (C=N–C) groups is 1. The molecule has 1 fully saturated rings. The largest absolute Gasteiger partial charge is 0.446 e. The Morgan fingerprint density at radius 3 is 2.32 bits per heavy atom. The van der Waals surface area contributed by atoms with Gasteiger partial charge in [-0.1, -0.05) is 12.1 Å². The van der Waals surface area contributed by atoms with E-state index in [4.69, 9.17) is 0 Å². The lowest BCUT2D eigenvalue weighted by Crippen LogP contribution is -2.50. The van der Waals surface area contributed by atoms with Crippen molar-refractivity contribution in [3.8, 4) is 0 Å². The quantitative estimate of drug-likeness (QED) is 0.505. The van der Waals surface area contributed by atoms with Crippen LogP contribution in [0.5, 0.6) is 0 Å². The monoisotopic (exact) mass is 568 g/mol. The van der Waals surface area contributed by atoms with Gasteiger partial charge in [-0.2, -0.15) is 13.2 Å². The summed E-state index contributed by atoms with van der Waals surface area (Å²) in [4.78, 5) is 19.5. The molecule has 12 heteroatoms. The van der Waals surface area contributed by atoms with Crippen molar-refractivity contribution in [2.24, 2.45) is 4.99 Å². The van der Waals surface area contributed by atoms with E-state index < -0.39 is 21.1 Å². The van der Waals surface area contributed by atoms with Gasteiger partial charge in [-0.15, -0.1) is 0 Å². The zero-order valence-electron chi connectivity index (χ0n) is 21.7. The van der Waals surface area contributed by atoms with E-state index in [-0.39, 0.29) is 60.1 Å². The maximum absolute atomic E-state index is 13.2. The number of nitrogens with one attached hydrogen (secondary N) is 1. The van der Waals surface area contributed by atoms with Crippen molar-refractivity contribution in [2.45, 2.75) is 49.1 Å². The van der Waals surface area contributed by atoms with Crippen molar-refractivity contribution in [2.75, 3.05) is 37.8 Å². The van der Waals surface area contributed by atoms with Crippen LogP contribution in [0.25, 0.3) is 0 Å². The lowest BCUT2D eigenvalue weighted by Gasteiger charge is -2.34. The van der Waals surface area contributed by atoms with Crippen LogP contribution in [0.2, 0.25) is 0 Å². The van der Waals surface area contributed by atoms with E-state index in [2.05, 4.69) is 10.3 Å². The molecule has 2 aromatic rings. The first-order chi connectivity index (χ1) is 17.7. The van der Waals surface area contributed by atoms with E-state index in [0.717, 1.165) is 22.4 Å². The Labute approximate surface area is 225 Å². The molecule has 7 nitrogen and oxygen atoms in total. The molecule has 1 N–H and O–H groups in total. The molecule has 4 rings (SSSR count). The molecule has 2 aliphatic heterocycles. The smallest absolute Gasteiger partial charge is 0.378 e. The minimum absolute atomic E-state index is 0.00404. The number of benzene rings is 2. The molecule has 1 spiro atoms. The van der Waals surface area contributed by atoms with Crippen molar-refractivity contribution in [1.29, 1.82) is 0 Å². The van der Waals surface area contributed by atoms with Crippen molar-refractivity contribution in [3.63, 3.8) is 0 Å². The standard InChI is InChI=1S/C26H31F3N4O3S2/c1-17-14-20(32(3)4)15-18(2)22(17)8-13-38(35,36)33-11-9-25(10-12-33)24(34)30-23(31-25)19-6-5-7-21(16-19)37-26(27,28)29/h5-7,14-16H,8-13H2,1-4H3,(H,30,31,34). The zero-order valence-corrected chi connectivity index (χ0v) is 23.4. The molecule has 0 saturated carbocycles. The number of carbonyl (C=O) groups excluding carboxylic acids is 1. The summed E-state index contributed by atoms with van der Waals surface area (Å²) in [5, 5.41) is 2.70. The first kappa shape index (κ1) is 28.4. The Morgan fingerprint density at radius 1 is 1.11 bits per heavy atom. The fourth-order valence-electron chi connectivity index (χ4n) is 4.95. The summed E-state index contributed by atoms with van der Waals surface area (Å²) in [6.07, 6.45) is 0.798. The molecule has 0 unspecified atom stereocenters. The molecule has 0 atom stereocenters. The third kappa shape index (κ3) is 6.18. The summed E-state index contributed by atoms with van der Waals surface area (Å²) in [7, 11) is 0.363. The molecule has 2 aliphatic rings. The van der Waals surface area contributed by atoms with Crippen LogP contribution in [0.4, 0.5) is 18.9 Å². The van der Waals surface area contributed by atoms with E-state index in [0.29, 0.717) is 12.0 Å². The van der Waals surface area contributed by atoms with Crippen LogP contribution in [0.1, 0.15) is 35.1 Å². The molecule has 0 aromatic heterocycles. The number of anilines is 1. The second kappa shape index (κ2) is 10.5. The second-order valence-corrected chi connectivity index (χ2v) is 13.2. The summed E-state index contributed by atoms with van der Waals surface area (Å²) < 4.78 is 66.1. The topological polar surface area (TPSA) is 82.1 Å². The number of rotatable bonds is 7. The van der Waals surface area contributed by atoms with E-state index in [9.17, 15) is 26.4 Å². The fraction of sp³-hybridized carbons (Fsp3) is 0.462. The highest BCUT2D eigenvalue weighted by atomic mass is 32.2. The fourth-order valence-corrected chi connectivity index (χ4v) is 7.01. The van der Waals surface area contributed by atoms with Crippen LogP contribution >= 0.6 is 11.8 Å². The lowest BCUT2D eigenvalue weighted by molar-refractivity contribution is -0.124. The van der Waals surface area contributed by atoms with Gasteiger partial charge in [0.05, 0.1) is 5.75 Å². The predicted octanol–water partition coefficient (Wildman–Crippen LogP) is 4.26. The van der Waals surface area contributed by atoms with Gasteiger partial charge in [0.15, 0.2) is 0 Å². The Morgan fingerprint density at radius 2 is 1.74 bits per heavy atom. The number of hydrogen-bond donors (Lipinski definition) is 1. The average Bonchev–Trinajstić information content (AvgIpc) is 3.13. The molecular weight excluding hydrogens is 537 g/mol. The lowest BCUT2D eigenvalue weighted by atomic mass is 9.89. The normalized spacial score (nSPS) is 18.0. The summed E-state index contributed by atoms with van der Waals surface area (Å²) in [5.41, 5.74) is -0.996. The van der Waals surface area contributed by atoms with E-state index in [1.807, 2.05) is 45.0 Å². The first-order valence-electron chi connectivity index (χ1n) is 12.2. The number of amidine groups is 1. The Hall–Kier alpha value is -2.57. The van der Waals surface area contributed by atoms with Gasteiger partial charge < -0.3 is 10.2 Å². The molecular formula is C26H31F3N4O3S2. The summed E-state index contributed by atoms with van der Waals surface area (Å²) in [6, 6.07) is 9.85. The molecule has 206 valence electrons. The van der Waals surface area contributed by atoms with E-state index >= 15 is 0 Å². The summed E-state index contributed by atoms with van der Waals surface area (Å²) in [5.74, 6) is -0.179. The Kier molecular flexibility index (Phi) is 7.89. The highest BCUT2D eigenvalue weighted by Gasteiger charge is 2.47. The van der Waals surface area contributed by atoms with Gasteiger partial charge in [0.2, 0.25) is 10.0 Å². The van der Waals surface area contributed by atoms with E-state index in [1.54, 1.807) is 6.07 Å². The number of amides is 1. The highest BCUT2D eigenvalue weighted by molar-refractivity contribution is 8.00. The molecule has 38 heavy (non-hydrogen) atoms. The number of aryl methyl sites for hydroxylation is 2. The number of piperidine rings is 1. The van der Waals surface area contributed by atoms with Crippen molar-refractivity contribution < 1.29 is 26.4 Å². The third-order valence-electron chi connectivity index (χ3n) is 7.07. The second-order valence-electron chi connectivity index (χ2n) is 9.94. The SMILES string of the molecule is Cc1cc(N(C)C)cc(C)c1CCS(=O)(=O)N1CCC2(CC1)N=C(c1cccc(SC(F)(F)F)c1)NC2=O. The molecule has 0 bridgehead atoms. The maximum atomic E-state index is 13.2. The maximum Gasteiger partial charge on any atom is 0.446 e. The molecule has 0 aliphatic carbocycles. The predicted molar refractivity (Wildman–Crippen MR) is 144 cm³/mol. The van der Waals surface area contributed by atoms with Crippen LogP contribution in [0, 0.1) is 13.8 Å². The number of hydrogen-bond acceptors (Lipinski definition) is 6. The number of halogens is 3. The van der Waals surface area contributed by atoms with E-state index in [1.165, 1.54) is 22.5 Å². The number of thioether (sulfide) groups is 1. The summed E-state index contributed by atoms with van der Waals surface area (Å²) >= 11 is -0.232. The minimum Gasteiger partial charge on any atom is -0.378 e. The van der Waals surface area contributed by atoms with Gasteiger partial charge in [-0.05, 0) is 85.8 Å². The highest BCUT2D eigenvalue weighted by Crippen LogP contribution is 2.38. The van der Waals surface area contributed by atoms with Gasteiger partial charge in [-0.3, -0.25) is 9.79 Å². The van der Waals surface area contributed by atoms with Gasteiger partial charge >= 0.3 is 5.51 Å². The number of carbonyl (C=O) groups is 1. The van der Waals surface area contributed by atoms with Crippen LogP contribution in [0.15, 0.2) is 46.3 Å². The van der Waals surface area contributed by atoms with Crippen LogP contribution in [-0.2, 0) is 21.2 Å². The Balaban J connectivity index is 1.43. The molecule has 1 saturated heterocycles. The molecule has 0 radical (unpaired) electrons. The first-order valence-corrected chi connectivity index (χ1v) is 14.6. The van der Waals surface area contributed by atoms with Gasteiger partial charge in [-0.25, -0.2) is 12.7 Å². The van der Waals surface area contributed by atoms with Crippen molar-refractivity contribution in [1.82, 2.24) is 9.62 Å². The summed E-state index contributed by atoms with van der Waals surface area (Å²) in [6.45, 7) is 4.26. The number of sulfonamides is 1. The van der Waals surface area contributed by atoms with Crippen LogP contribution in [-0.4, -0.2) is 68.5 Å².